The first-order valence-electron chi connectivity index (χ1n) is 6.45. The SMILES string of the molecule is CC(C)c1[nH]nc(C(=O)Nc2ccccc2C(N)=O)c1N. The van der Waals surface area contributed by atoms with Crippen LogP contribution in [0.1, 0.15) is 46.3 Å². The van der Waals surface area contributed by atoms with Gasteiger partial charge >= 0.3 is 0 Å². The third-order valence-corrected chi connectivity index (χ3v) is 3.07. The van der Waals surface area contributed by atoms with Gasteiger partial charge in [0.25, 0.3) is 11.8 Å². The first-order valence-corrected chi connectivity index (χ1v) is 6.45. The van der Waals surface area contributed by atoms with Crippen LogP contribution in [0, 0.1) is 0 Å². The van der Waals surface area contributed by atoms with Gasteiger partial charge in [0, 0.05) is 0 Å². The van der Waals surface area contributed by atoms with Gasteiger partial charge in [-0.15, -0.1) is 0 Å². The van der Waals surface area contributed by atoms with Gasteiger partial charge in [-0.05, 0) is 18.1 Å². The molecular weight excluding hydrogens is 270 g/mol. The molecule has 0 fully saturated rings. The molecule has 0 aliphatic carbocycles. The third-order valence-electron chi connectivity index (χ3n) is 3.07. The second-order valence-corrected chi connectivity index (χ2v) is 4.92. The molecule has 0 bridgehead atoms. The average Bonchev–Trinajstić information content (AvgIpc) is 2.81. The van der Waals surface area contributed by atoms with Crippen LogP contribution >= 0.6 is 0 Å². The van der Waals surface area contributed by atoms with Gasteiger partial charge in [0.2, 0.25) is 0 Å². The fraction of sp³-hybridized carbons (Fsp3) is 0.214. The minimum atomic E-state index is -0.622. The quantitative estimate of drug-likeness (QED) is 0.679. The van der Waals surface area contributed by atoms with Gasteiger partial charge in [0.15, 0.2) is 5.69 Å². The maximum Gasteiger partial charge on any atom is 0.278 e. The molecule has 0 unspecified atom stereocenters. The number of nitrogen functional groups attached to an aromatic ring is 1. The van der Waals surface area contributed by atoms with Gasteiger partial charge in [-0.25, -0.2) is 0 Å². The van der Waals surface area contributed by atoms with Gasteiger partial charge in [-0.3, -0.25) is 14.7 Å². The number of nitrogens with zero attached hydrogens (tertiary/aromatic N) is 1. The van der Waals surface area contributed by atoms with Crippen LogP contribution in [-0.2, 0) is 0 Å². The highest BCUT2D eigenvalue weighted by Crippen LogP contribution is 2.23. The molecule has 2 amide bonds. The molecule has 7 nitrogen and oxygen atoms in total. The smallest absolute Gasteiger partial charge is 0.278 e. The molecule has 1 aromatic heterocycles. The van der Waals surface area contributed by atoms with Gasteiger partial charge in [-0.2, -0.15) is 5.10 Å². The Kier molecular flexibility index (Phi) is 3.93. The van der Waals surface area contributed by atoms with E-state index in [0.29, 0.717) is 17.1 Å². The van der Waals surface area contributed by atoms with Crippen molar-refractivity contribution in [3.8, 4) is 0 Å². The van der Waals surface area contributed by atoms with Crippen molar-refractivity contribution in [1.29, 1.82) is 0 Å². The maximum atomic E-state index is 12.2. The first kappa shape index (κ1) is 14.6. The number of amides is 2. The predicted octanol–water partition coefficient (Wildman–Crippen LogP) is 1.47. The largest absolute Gasteiger partial charge is 0.395 e. The Morgan fingerprint density at radius 2 is 1.95 bits per heavy atom. The van der Waals surface area contributed by atoms with E-state index < -0.39 is 11.8 Å². The predicted molar refractivity (Wildman–Crippen MR) is 80.0 cm³/mol. The molecule has 2 rings (SSSR count). The van der Waals surface area contributed by atoms with Crippen LogP contribution in [-0.4, -0.2) is 22.0 Å². The van der Waals surface area contributed by atoms with Crippen molar-refractivity contribution in [2.75, 3.05) is 11.1 Å². The summed E-state index contributed by atoms with van der Waals surface area (Å²) < 4.78 is 0. The zero-order valence-electron chi connectivity index (χ0n) is 11.8. The second kappa shape index (κ2) is 5.66. The van der Waals surface area contributed by atoms with E-state index in [0.717, 1.165) is 0 Å². The first-order chi connectivity index (χ1) is 9.91. The van der Waals surface area contributed by atoms with Gasteiger partial charge in [-0.1, -0.05) is 26.0 Å². The molecule has 0 saturated carbocycles. The van der Waals surface area contributed by atoms with Crippen molar-refractivity contribution in [3.05, 3.63) is 41.2 Å². The number of aromatic nitrogens is 2. The van der Waals surface area contributed by atoms with Crippen molar-refractivity contribution in [1.82, 2.24) is 10.2 Å². The topological polar surface area (TPSA) is 127 Å². The van der Waals surface area contributed by atoms with Crippen LogP contribution in [0.5, 0.6) is 0 Å². The highest BCUT2D eigenvalue weighted by molar-refractivity contribution is 6.10. The Labute approximate surface area is 121 Å². The number of carbonyl (C=O) groups excluding carboxylic acids is 2. The Balaban J connectivity index is 2.29. The van der Waals surface area contributed by atoms with E-state index >= 15 is 0 Å². The lowest BCUT2D eigenvalue weighted by atomic mass is 10.1. The maximum absolute atomic E-state index is 12.2. The third kappa shape index (κ3) is 2.86. The highest BCUT2D eigenvalue weighted by atomic mass is 16.2. The summed E-state index contributed by atoms with van der Waals surface area (Å²) in [5, 5.41) is 9.28. The number of hydrogen-bond donors (Lipinski definition) is 4. The number of H-pyrrole nitrogens is 1. The molecule has 0 spiro atoms. The van der Waals surface area contributed by atoms with E-state index in [9.17, 15) is 9.59 Å². The van der Waals surface area contributed by atoms with Crippen LogP contribution < -0.4 is 16.8 Å². The molecule has 110 valence electrons. The summed E-state index contributed by atoms with van der Waals surface area (Å²) in [6.07, 6.45) is 0. The van der Waals surface area contributed by atoms with Gasteiger partial charge in [0.05, 0.1) is 22.6 Å². The molecule has 1 aromatic carbocycles. The van der Waals surface area contributed by atoms with Crippen LogP contribution in [0.25, 0.3) is 0 Å². The number of aromatic amines is 1. The molecule has 0 aliphatic rings. The van der Waals surface area contributed by atoms with E-state index in [2.05, 4.69) is 15.5 Å². The fourth-order valence-corrected chi connectivity index (χ4v) is 1.97. The Hall–Kier alpha value is -2.83. The molecule has 7 heteroatoms. The van der Waals surface area contributed by atoms with E-state index in [4.69, 9.17) is 11.5 Å². The fourth-order valence-electron chi connectivity index (χ4n) is 1.97. The summed E-state index contributed by atoms with van der Waals surface area (Å²) >= 11 is 0. The van der Waals surface area contributed by atoms with Crippen molar-refractivity contribution >= 4 is 23.2 Å². The number of hydrogen-bond acceptors (Lipinski definition) is 4. The number of para-hydroxylation sites is 1. The summed E-state index contributed by atoms with van der Waals surface area (Å²) in [6, 6.07) is 6.47. The van der Waals surface area contributed by atoms with Crippen molar-refractivity contribution in [2.24, 2.45) is 5.73 Å². The van der Waals surface area contributed by atoms with Gasteiger partial charge in [0.1, 0.15) is 0 Å². The summed E-state index contributed by atoms with van der Waals surface area (Å²) in [7, 11) is 0. The van der Waals surface area contributed by atoms with Crippen LogP contribution in [0.2, 0.25) is 0 Å². The zero-order valence-corrected chi connectivity index (χ0v) is 11.8. The second-order valence-electron chi connectivity index (χ2n) is 4.92. The molecular formula is C14H17N5O2. The minimum absolute atomic E-state index is 0.0953. The van der Waals surface area contributed by atoms with E-state index in [1.165, 1.54) is 6.07 Å². The van der Waals surface area contributed by atoms with Crippen molar-refractivity contribution in [3.63, 3.8) is 0 Å². The van der Waals surface area contributed by atoms with Crippen molar-refractivity contribution in [2.45, 2.75) is 19.8 Å². The summed E-state index contributed by atoms with van der Waals surface area (Å²) in [6.45, 7) is 3.88. The molecule has 0 radical (unpaired) electrons. The Morgan fingerprint density at radius 3 is 2.52 bits per heavy atom. The molecule has 0 atom stereocenters. The summed E-state index contributed by atoms with van der Waals surface area (Å²) in [5.74, 6) is -0.995. The molecule has 6 N–H and O–H groups in total. The Bertz CT molecular complexity index is 690. The van der Waals surface area contributed by atoms with Crippen molar-refractivity contribution < 1.29 is 9.59 Å². The summed E-state index contributed by atoms with van der Waals surface area (Å²) in [4.78, 5) is 23.5. The average molecular weight is 287 g/mol. The van der Waals surface area contributed by atoms with Gasteiger partial charge < -0.3 is 16.8 Å². The van der Waals surface area contributed by atoms with Crippen LogP contribution in [0.3, 0.4) is 0 Å². The standard InChI is InChI=1S/C14H17N5O2/c1-7(2)11-10(15)12(19-18-11)14(21)17-9-6-4-3-5-8(9)13(16)20/h3-7H,15H2,1-2H3,(H2,16,20)(H,17,21)(H,18,19). The molecule has 21 heavy (non-hydrogen) atoms. The Morgan fingerprint density at radius 1 is 1.29 bits per heavy atom. The monoisotopic (exact) mass is 287 g/mol. The number of carbonyl (C=O) groups is 2. The number of anilines is 2. The summed E-state index contributed by atoms with van der Waals surface area (Å²) in [5.41, 5.74) is 12.8. The van der Waals surface area contributed by atoms with Crippen LogP contribution in [0.15, 0.2) is 24.3 Å². The van der Waals surface area contributed by atoms with E-state index in [1.54, 1.807) is 18.2 Å². The number of nitrogens with one attached hydrogen (secondary N) is 2. The molecule has 2 aromatic rings. The lowest BCUT2D eigenvalue weighted by Gasteiger charge is -2.08. The minimum Gasteiger partial charge on any atom is -0.395 e. The highest BCUT2D eigenvalue weighted by Gasteiger charge is 2.20. The van der Waals surface area contributed by atoms with E-state index in [-0.39, 0.29) is 17.2 Å². The van der Waals surface area contributed by atoms with Crippen LogP contribution in [0.4, 0.5) is 11.4 Å². The number of benzene rings is 1. The molecule has 0 aliphatic heterocycles. The molecule has 1 heterocycles. The molecule has 0 saturated heterocycles. The lowest BCUT2D eigenvalue weighted by Crippen LogP contribution is -2.19. The lowest BCUT2D eigenvalue weighted by molar-refractivity contribution is 0.100. The number of primary amides is 1. The zero-order chi connectivity index (χ0) is 15.6. The van der Waals surface area contributed by atoms with E-state index in [1.807, 2.05) is 13.8 Å². The normalized spacial score (nSPS) is 10.6. The number of rotatable bonds is 4. The number of nitrogens with two attached hydrogens (primary N) is 2.